The van der Waals surface area contributed by atoms with E-state index in [-0.39, 0.29) is 0 Å². The molecule has 106 valence electrons. The van der Waals surface area contributed by atoms with Gasteiger partial charge in [-0.3, -0.25) is 4.98 Å². The fraction of sp³-hybridized carbons (Fsp3) is 0.211. The van der Waals surface area contributed by atoms with Crippen LogP contribution >= 0.6 is 0 Å². The average molecular weight is 276 g/mol. The van der Waals surface area contributed by atoms with E-state index in [4.69, 9.17) is 5.73 Å². The summed E-state index contributed by atoms with van der Waals surface area (Å²) in [6, 6.07) is 18.7. The molecule has 21 heavy (non-hydrogen) atoms. The Bertz CT molecular complexity index is 731. The summed E-state index contributed by atoms with van der Waals surface area (Å²) in [6.07, 6.45) is 5.52. The second kappa shape index (κ2) is 5.66. The summed E-state index contributed by atoms with van der Waals surface area (Å²) in [5.74, 6) is 0. The Hall–Kier alpha value is -2.19. The lowest BCUT2D eigenvalue weighted by molar-refractivity contribution is 0.427. The topological polar surface area (TPSA) is 38.9 Å². The number of hydrogen-bond donors (Lipinski definition) is 1. The maximum absolute atomic E-state index is 6.78. The zero-order valence-corrected chi connectivity index (χ0v) is 12.3. The van der Waals surface area contributed by atoms with Gasteiger partial charge < -0.3 is 5.73 Å². The van der Waals surface area contributed by atoms with E-state index in [0.717, 1.165) is 23.8 Å². The zero-order valence-electron chi connectivity index (χ0n) is 12.3. The number of aromatic nitrogens is 1. The van der Waals surface area contributed by atoms with E-state index < -0.39 is 5.54 Å². The van der Waals surface area contributed by atoms with E-state index in [1.54, 1.807) is 0 Å². The molecule has 0 aliphatic rings. The van der Waals surface area contributed by atoms with Crippen LogP contribution in [0, 0.1) is 0 Å². The molecule has 0 bridgehead atoms. The Kier molecular flexibility index (Phi) is 3.72. The number of nitrogens with zero attached hydrogens (tertiary/aromatic N) is 1. The summed E-state index contributed by atoms with van der Waals surface area (Å²) in [6.45, 7) is 2.14. The molecule has 3 aromatic rings. The number of fused-ring (bicyclic) bond motifs is 1. The van der Waals surface area contributed by atoms with Gasteiger partial charge in [-0.15, -0.1) is 0 Å². The second-order valence-corrected chi connectivity index (χ2v) is 5.58. The Morgan fingerprint density at radius 2 is 1.67 bits per heavy atom. The molecule has 2 nitrogen and oxygen atoms in total. The maximum Gasteiger partial charge on any atom is 0.0469 e. The summed E-state index contributed by atoms with van der Waals surface area (Å²) in [5.41, 5.74) is 8.77. The van der Waals surface area contributed by atoms with Crippen molar-refractivity contribution in [3.8, 4) is 0 Å². The van der Waals surface area contributed by atoms with E-state index in [1.165, 1.54) is 10.9 Å². The van der Waals surface area contributed by atoms with E-state index in [0.29, 0.717) is 0 Å². The smallest absolute Gasteiger partial charge is 0.0469 e. The fourth-order valence-electron chi connectivity index (χ4n) is 2.88. The molecule has 0 saturated carbocycles. The molecule has 0 fully saturated rings. The minimum atomic E-state index is -0.394. The summed E-state index contributed by atoms with van der Waals surface area (Å²) < 4.78 is 0. The molecule has 0 radical (unpaired) electrons. The molecule has 0 aliphatic carbocycles. The van der Waals surface area contributed by atoms with Crippen molar-refractivity contribution in [2.75, 3.05) is 0 Å². The molecule has 2 heteroatoms. The highest BCUT2D eigenvalue weighted by Gasteiger charge is 2.27. The minimum absolute atomic E-state index is 0.394. The van der Waals surface area contributed by atoms with Crippen LogP contribution in [0.5, 0.6) is 0 Å². The Balaban J connectivity index is 2.09. The van der Waals surface area contributed by atoms with Crippen LogP contribution in [0.1, 0.15) is 24.5 Å². The van der Waals surface area contributed by atoms with E-state index in [9.17, 15) is 0 Å². The van der Waals surface area contributed by atoms with Crippen LogP contribution in [-0.2, 0) is 12.0 Å². The molecule has 2 N–H and O–H groups in total. The van der Waals surface area contributed by atoms with Crippen LogP contribution in [0.15, 0.2) is 67.0 Å². The van der Waals surface area contributed by atoms with Gasteiger partial charge in [-0.05, 0) is 29.4 Å². The largest absolute Gasteiger partial charge is 0.321 e. The van der Waals surface area contributed by atoms with Crippen molar-refractivity contribution in [1.82, 2.24) is 4.98 Å². The quantitative estimate of drug-likeness (QED) is 0.781. The number of rotatable bonds is 4. The van der Waals surface area contributed by atoms with Crippen molar-refractivity contribution in [3.05, 3.63) is 78.1 Å². The highest BCUT2D eigenvalue weighted by atomic mass is 14.8. The third-order valence-electron chi connectivity index (χ3n) is 4.20. The normalized spacial score (nSPS) is 14.0. The van der Waals surface area contributed by atoms with Crippen molar-refractivity contribution in [2.24, 2.45) is 5.73 Å². The third-order valence-corrected chi connectivity index (χ3v) is 4.20. The summed E-state index contributed by atoms with van der Waals surface area (Å²) in [7, 11) is 0. The lowest BCUT2D eigenvalue weighted by Gasteiger charge is -2.30. The van der Waals surface area contributed by atoms with Gasteiger partial charge in [0.05, 0.1) is 0 Å². The Morgan fingerprint density at radius 1 is 0.952 bits per heavy atom. The van der Waals surface area contributed by atoms with Gasteiger partial charge in [0, 0.05) is 23.3 Å². The van der Waals surface area contributed by atoms with Crippen LogP contribution in [0.4, 0.5) is 0 Å². The molecule has 1 unspecified atom stereocenters. The fourth-order valence-corrected chi connectivity index (χ4v) is 2.88. The Labute approximate surface area is 125 Å². The van der Waals surface area contributed by atoms with E-state index in [1.807, 2.05) is 24.5 Å². The van der Waals surface area contributed by atoms with Crippen LogP contribution < -0.4 is 5.73 Å². The molecule has 3 rings (SSSR count). The lowest BCUT2D eigenvalue weighted by atomic mass is 9.81. The first-order valence-electron chi connectivity index (χ1n) is 7.39. The van der Waals surface area contributed by atoms with Crippen molar-refractivity contribution in [2.45, 2.75) is 25.3 Å². The molecule has 0 saturated heterocycles. The van der Waals surface area contributed by atoms with E-state index in [2.05, 4.69) is 54.4 Å². The van der Waals surface area contributed by atoms with Gasteiger partial charge in [-0.2, -0.15) is 0 Å². The van der Waals surface area contributed by atoms with Crippen LogP contribution in [0.2, 0.25) is 0 Å². The first kappa shape index (κ1) is 13.8. The molecular weight excluding hydrogens is 256 g/mol. The molecule has 1 atom stereocenters. The Morgan fingerprint density at radius 3 is 2.43 bits per heavy atom. The zero-order chi connectivity index (χ0) is 14.7. The van der Waals surface area contributed by atoms with Crippen molar-refractivity contribution >= 4 is 10.8 Å². The van der Waals surface area contributed by atoms with Crippen molar-refractivity contribution in [1.29, 1.82) is 0 Å². The molecule has 1 heterocycles. The van der Waals surface area contributed by atoms with Gasteiger partial charge in [0.25, 0.3) is 0 Å². The van der Waals surface area contributed by atoms with Gasteiger partial charge in [-0.25, -0.2) is 0 Å². The molecule has 0 aliphatic heterocycles. The van der Waals surface area contributed by atoms with Crippen LogP contribution in [0.3, 0.4) is 0 Å². The van der Waals surface area contributed by atoms with Gasteiger partial charge in [0.2, 0.25) is 0 Å². The highest BCUT2D eigenvalue weighted by Crippen LogP contribution is 2.31. The predicted molar refractivity (Wildman–Crippen MR) is 88.0 cm³/mol. The van der Waals surface area contributed by atoms with Crippen molar-refractivity contribution < 1.29 is 0 Å². The first-order chi connectivity index (χ1) is 10.2. The van der Waals surface area contributed by atoms with Gasteiger partial charge in [-0.1, -0.05) is 61.5 Å². The van der Waals surface area contributed by atoms with Crippen LogP contribution in [0.25, 0.3) is 10.8 Å². The monoisotopic (exact) mass is 276 g/mol. The lowest BCUT2D eigenvalue weighted by Crippen LogP contribution is -2.38. The number of pyridine rings is 1. The van der Waals surface area contributed by atoms with Gasteiger partial charge >= 0.3 is 0 Å². The standard InChI is InChI=1S/C19H20N2/c1-2-19(20,12-15-8-4-3-5-9-15)18-14-21-13-16-10-6-7-11-17(16)18/h3-11,13-14H,2,12,20H2,1H3. The second-order valence-electron chi connectivity index (χ2n) is 5.58. The third kappa shape index (κ3) is 2.67. The van der Waals surface area contributed by atoms with Crippen LogP contribution in [-0.4, -0.2) is 4.98 Å². The predicted octanol–water partition coefficient (Wildman–Crippen LogP) is 4.04. The molecule has 0 spiro atoms. The van der Waals surface area contributed by atoms with E-state index >= 15 is 0 Å². The maximum atomic E-state index is 6.78. The number of nitrogens with two attached hydrogens (primary N) is 1. The summed E-state index contributed by atoms with van der Waals surface area (Å²) in [4.78, 5) is 4.39. The molecule has 1 aromatic heterocycles. The van der Waals surface area contributed by atoms with Gasteiger partial charge in [0.15, 0.2) is 0 Å². The minimum Gasteiger partial charge on any atom is -0.321 e. The van der Waals surface area contributed by atoms with Crippen molar-refractivity contribution in [3.63, 3.8) is 0 Å². The summed E-state index contributed by atoms with van der Waals surface area (Å²) in [5, 5.41) is 2.35. The number of benzene rings is 2. The molecular formula is C19H20N2. The number of hydrogen-bond acceptors (Lipinski definition) is 2. The molecule has 0 amide bonds. The van der Waals surface area contributed by atoms with Gasteiger partial charge in [0.1, 0.15) is 0 Å². The highest BCUT2D eigenvalue weighted by molar-refractivity contribution is 5.85. The first-order valence-corrected chi connectivity index (χ1v) is 7.39. The average Bonchev–Trinajstić information content (AvgIpc) is 2.55. The summed E-state index contributed by atoms with van der Waals surface area (Å²) >= 11 is 0. The SMILES string of the molecule is CCC(N)(Cc1ccccc1)c1cncc2ccccc12. The molecule has 2 aromatic carbocycles.